The molecule has 1 atom stereocenters. The number of anilines is 1. The van der Waals surface area contributed by atoms with Crippen LogP contribution >= 0.6 is 0 Å². The zero-order chi connectivity index (χ0) is 25.4. The van der Waals surface area contributed by atoms with Gasteiger partial charge in [0.2, 0.25) is 0 Å². The zero-order valence-electron chi connectivity index (χ0n) is 18.7. The second kappa shape index (κ2) is 9.64. The highest BCUT2D eigenvalue weighted by molar-refractivity contribution is 7.89. The molecule has 1 aromatic carbocycles. The van der Waals surface area contributed by atoms with Crippen molar-refractivity contribution in [2.24, 2.45) is 5.92 Å². The number of aromatic amines is 1. The number of hydrogen-bond donors (Lipinski definition) is 1. The molecule has 0 radical (unpaired) electrons. The monoisotopic (exact) mass is 524 g/mol. The first kappa shape index (κ1) is 25.8. The Morgan fingerprint density at radius 1 is 1.06 bits per heavy atom. The van der Waals surface area contributed by atoms with Crippen LogP contribution in [0.4, 0.5) is 32.0 Å². The largest absolute Gasteiger partial charge is 0.511 e. The lowest BCUT2D eigenvalue weighted by Gasteiger charge is -2.34. The predicted octanol–water partition coefficient (Wildman–Crippen LogP) is 5.44. The lowest BCUT2D eigenvalue weighted by atomic mass is 9.97. The second-order valence-electron chi connectivity index (χ2n) is 9.13. The molecular weight excluding hydrogens is 498 g/mol. The summed E-state index contributed by atoms with van der Waals surface area (Å²) < 4.78 is 107. The van der Waals surface area contributed by atoms with E-state index in [0.29, 0.717) is 24.5 Å². The number of imidazole rings is 1. The Morgan fingerprint density at radius 3 is 2.37 bits per heavy atom. The van der Waals surface area contributed by atoms with Gasteiger partial charge in [0.05, 0.1) is 24.1 Å². The summed E-state index contributed by atoms with van der Waals surface area (Å²) >= 11 is 0. The summed E-state index contributed by atoms with van der Waals surface area (Å²) in [4.78, 5) is 8.40. The molecule has 1 aromatic heterocycles. The van der Waals surface area contributed by atoms with Gasteiger partial charge < -0.3 is 9.88 Å². The maximum Gasteiger partial charge on any atom is 0.511 e. The molecule has 1 N–H and O–H groups in total. The molecule has 0 spiro atoms. The molecule has 1 aliphatic carbocycles. The van der Waals surface area contributed by atoms with Gasteiger partial charge in [-0.05, 0) is 30.9 Å². The van der Waals surface area contributed by atoms with Crippen molar-refractivity contribution in [2.45, 2.75) is 69.3 Å². The number of benzene rings is 1. The summed E-state index contributed by atoms with van der Waals surface area (Å²) in [5.74, 6) is 0.362. The minimum absolute atomic E-state index is 0.0452. The minimum Gasteiger partial charge on any atom is -0.361 e. The molecule has 1 saturated carbocycles. The highest BCUT2D eigenvalue weighted by atomic mass is 32.2. The van der Waals surface area contributed by atoms with Gasteiger partial charge >= 0.3 is 21.7 Å². The normalized spacial score (nSPS) is 20.7. The maximum atomic E-state index is 13.9. The number of rotatable bonds is 6. The molecule has 2 heterocycles. The number of hydrogen-bond acceptors (Lipinski definition) is 4. The van der Waals surface area contributed by atoms with Gasteiger partial charge in [0.1, 0.15) is 0 Å². The Bertz CT molecular complexity index is 1110. The highest BCUT2D eigenvalue weighted by Gasteiger charge is 2.52. The Balaban J connectivity index is 1.82. The number of H-pyrrole nitrogens is 1. The van der Waals surface area contributed by atoms with Crippen LogP contribution in [0.2, 0.25) is 0 Å². The molecule has 35 heavy (non-hydrogen) atoms. The number of alkyl halides is 6. The van der Waals surface area contributed by atoms with E-state index < -0.39 is 52.0 Å². The third-order valence-electron chi connectivity index (χ3n) is 6.87. The van der Waals surface area contributed by atoms with Crippen molar-refractivity contribution >= 4 is 15.7 Å². The van der Waals surface area contributed by atoms with E-state index in [-0.39, 0.29) is 16.5 Å². The summed E-state index contributed by atoms with van der Waals surface area (Å²) in [5.41, 5.74) is -6.65. The van der Waals surface area contributed by atoms with Gasteiger partial charge in [-0.3, -0.25) is 0 Å². The van der Waals surface area contributed by atoms with Crippen LogP contribution in [0.15, 0.2) is 30.7 Å². The molecule has 13 heteroatoms. The summed E-state index contributed by atoms with van der Waals surface area (Å²) in [7, 11) is -5.86. The van der Waals surface area contributed by atoms with Crippen LogP contribution in [0.1, 0.15) is 55.3 Å². The van der Waals surface area contributed by atoms with E-state index in [0.717, 1.165) is 31.7 Å². The molecule has 6 nitrogen and oxygen atoms in total. The molecule has 4 rings (SSSR count). The van der Waals surface area contributed by atoms with Crippen LogP contribution in [-0.2, 0) is 29.3 Å². The molecule has 2 aliphatic rings. The van der Waals surface area contributed by atoms with Crippen LogP contribution in [0.5, 0.6) is 0 Å². The van der Waals surface area contributed by atoms with Crippen molar-refractivity contribution in [1.82, 2.24) is 14.3 Å². The second-order valence-corrected chi connectivity index (χ2v) is 11.1. The van der Waals surface area contributed by atoms with E-state index in [2.05, 4.69) is 9.97 Å². The fourth-order valence-electron chi connectivity index (χ4n) is 5.12. The van der Waals surface area contributed by atoms with Gasteiger partial charge in [0.15, 0.2) is 0 Å². The van der Waals surface area contributed by atoms with Crippen molar-refractivity contribution in [1.29, 1.82) is 0 Å². The molecule has 0 unspecified atom stereocenters. The highest BCUT2D eigenvalue weighted by Crippen LogP contribution is 2.42. The van der Waals surface area contributed by atoms with Gasteiger partial charge in [-0.1, -0.05) is 31.7 Å². The summed E-state index contributed by atoms with van der Waals surface area (Å²) in [6.07, 6.45) is 3.07. The number of aromatic nitrogens is 2. The number of sulfonamides is 1. The number of nitrogens with zero attached hydrogens (tertiary/aromatic N) is 3. The smallest absolute Gasteiger partial charge is 0.361 e. The number of fused-ring (bicyclic) bond motifs is 1. The van der Waals surface area contributed by atoms with Crippen LogP contribution < -0.4 is 4.90 Å². The van der Waals surface area contributed by atoms with E-state index >= 15 is 0 Å². The molecular formula is C22H26F6N4O2S. The average molecular weight is 525 g/mol. The molecule has 2 aromatic rings. The Labute approximate surface area is 199 Å². The fraction of sp³-hybridized carbons (Fsp3) is 0.591. The Kier molecular flexibility index (Phi) is 7.11. The van der Waals surface area contributed by atoms with Gasteiger partial charge in [-0.15, -0.1) is 0 Å². The SMILES string of the molecule is O=S(=O)(N1Cc2c(cccc2C(F)(F)F)N(Cc2cnc[nH]2)[C@@H](CCC2CCCC2)C1)C(F)(F)F. The van der Waals surface area contributed by atoms with Crippen molar-refractivity contribution in [2.75, 3.05) is 11.4 Å². The summed E-state index contributed by atoms with van der Waals surface area (Å²) in [6.45, 7) is -1.55. The van der Waals surface area contributed by atoms with Crippen LogP contribution in [0.3, 0.4) is 0 Å². The van der Waals surface area contributed by atoms with Gasteiger partial charge in [-0.25, -0.2) is 13.4 Å². The molecule has 1 fully saturated rings. The third-order valence-corrected chi connectivity index (χ3v) is 8.41. The quantitative estimate of drug-likeness (QED) is 0.511. The van der Waals surface area contributed by atoms with Crippen LogP contribution in [0, 0.1) is 5.92 Å². The third kappa shape index (κ3) is 5.45. The van der Waals surface area contributed by atoms with Crippen LogP contribution in [0.25, 0.3) is 0 Å². The standard InChI is InChI=1S/C22H26F6N4O2S/c23-21(24,25)19-6-3-7-20-18(19)13-31(35(33,34)22(26,27)28)12-17(9-8-15-4-1-2-5-15)32(20)11-16-10-29-14-30-16/h3,6-7,10,14-15,17H,1-2,4-5,8-9,11-13H2,(H,29,30)/t17-/m0/s1. The minimum atomic E-state index is -5.86. The Hall–Kier alpha value is -2.28. The first-order valence-electron chi connectivity index (χ1n) is 11.4. The summed E-state index contributed by atoms with van der Waals surface area (Å²) in [6, 6.07) is 2.61. The van der Waals surface area contributed by atoms with E-state index in [1.54, 1.807) is 4.90 Å². The van der Waals surface area contributed by atoms with Gasteiger partial charge in [0, 0.05) is 36.6 Å². The molecule has 194 valence electrons. The first-order chi connectivity index (χ1) is 16.4. The zero-order valence-corrected chi connectivity index (χ0v) is 19.6. The summed E-state index contributed by atoms with van der Waals surface area (Å²) in [5, 5.41) is 0. The molecule has 1 aliphatic heterocycles. The molecule has 0 bridgehead atoms. The Morgan fingerprint density at radius 2 is 1.77 bits per heavy atom. The maximum absolute atomic E-state index is 13.9. The van der Waals surface area contributed by atoms with Crippen LogP contribution in [-0.4, -0.2) is 40.8 Å². The van der Waals surface area contributed by atoms with Gasteiger partial charge in [0.25, 0.3) is 0 Å². The molecule has 0 amide bonds. The molecule has 0 saturated heterocycles. The number of halogens is 6. The van der Waals surface area contributed by atoms with E-state index in [4.69, 9.17) is 0 Å². The average Bonchev–Trinajstić information content (AvgIpc) is 3.44. The van der Waals surface area contributed by atoms with E-state index in [1.807, 2.05) is 0 Å². The topological polar surface area (TPSA) is 69.3 Å². The van der Waals surface area contributed by atoms with Gasteiger partial charge in [-0.2, -0.15) is 30.6 Å². The fourth-order valence-corrected chi connectivity index (χ4v) is 6.08. The van der Waals surface area contributed by atoms with Crippen molar-refractivity contribution in [3.8, 4) is 0 Å². The van der Waals surface area contributed by atoms with Crippen molar-refractivity contribution in [3.05, 3.63) is 47.5 Å². The van der Waals surface area contributed by atoms with E-state index in [9.17, 15) is 34.8 Å². The van der Waals surface area contributed by atoms with E-state index in [1.165, 1.54) is 24.7 Å². The first-order valence-corrected chi connectivity index (χ1v) is 12.8. The van der Waals surface area contributed by atoms with Crippen molar-refractivity contribution < 1.29 is 34.8 Å². The van der Waals surface area contributed by atoms with Crippen molar-refractivity contribution in [3.63, 3.8) is 0 Å². The predicted molar refractivity (Wildman–Crippen MR) is 117 cm³/mol. The number of nitrogens with one attached hydrogen (secondary N) is 1. The lowest BCUT2D eigenvalue weighted by Crippen LogP contribution is -2.47. The lowest BCUT2D eigenvalue weighted by molar-refractivity contribution is -0.138.